The normalized spacial score (nSPS) is 11.5. The predicted octanol–water partition coefficient (Wildman–Crippen LogP) is 3.40. The van der Waals surface area contributed by atoms with Gasteiger partial charge in [-0.15, -0.1) is 0 Å². The third-order valence-electron chi connectivity index (χ3n) is 6.76. The van der Waals surface area contributed by atoms with Gasteiger partial charge in [0.15, 0.2) is 11.5 Å². The molecule has 0 aliphatic heterocycles. The second-order valence-corrected chi connectivity index (χ2v) is 9.69. The Balaban J connectivity index is 2.05. The van der Waals surface area contributed by atoms with E-state index in [1.54, 1.807) is 12.1 Å². The van der Waals surface area contributed by atoms with Crippen molar-refractivity contribution in [2.75, 3.05) is 13.2 Å². The Morgan fingerprint density at radius 1 is 0.625 bits per heavy atom. The number of nitrogens with zero attached hydrogens (tertiary/aromatic N) is 2. The maximum absolute atomic E-state index is 12.2. The first kappa shape index (κ1) is 35.3. The van der Waals surface area contributed by atoms with Gasteiger partial charge in [0, 0.05) is 5.56 Å². The minimum Gasteiger partial charge on any atom is -0.488 e. The predicted molar refractivity (Wildman–Crippen MR) is 158 cm³/mol. The highest BCUT2D eigenvalue weighted by molar-refractivity contribution is 6.02. The lowest BCUT2D eigenvalue weighted by molar-refractivity contribution is -0.140. The number of carbonyl (C=O) groups is 6. The maximum Gasteiger partial charge on any atom is 0.336 e. The van der Waals surface area contributed by atoms with Crippen LogP contribution >= 0.6 is 0 Å². The van der Waals surface area contributed by atoms with Crippen LogP contribution in [0.15, 0.2) is 60.2 Å². The number of benzene rings is 3. The van der Waals surface area contributed by atoms with E-state index in [1.165, 1.54) is 18.2 Å². The minimum atomic E-state index is -1.63. The minimum absolute atomic E-state index is 0.00744. The summed E-state index contributed by atoms with van der Waals surface area (Å²) in [5.74, 6) is -13.0. The summed E-state index contributed by atoms with van der Waals surface area (Å²) in [7, 11) is 0. The molecule has 0 saturated heterocycles. The molecule has 0 fully saturated rings. The molecule has 16 heteroatoms. The van der Waals surface area contributed by atoms with Crippen LogP contribution in [0.1, 0.15) is 70.0 Å². The SMILES string of the molecule is N#CC(C#N)=Cc1cccc(OCC(C(=O)O)c2ccc(C(=O)O)c(C(=O)O)c2)c1OCC(C(=O)O)c1ccc(C(=O)O)c(C(=O)O)c1. The second kappa shape index (κ2) is 15.2. The van der Waals surface area contributed by atoms with Crippen LogP contribution < -0.4 is 9.47 Å². The number of carboxylic acids is 6. The van der Waals surface area contributed by atoms with E-state index < -0.39 is 88.7 Å². The molecule has 3 aromatic rings. The summed E-state index contributed by atoms with van der Waals surface area (Å²) < 4.78 is 11.5. The monoisotopic (exact) mass is 658 g/mol. The molecular formula is C32H22N2O14. The van der Waals surface area contributed by atoms with Crippen LogP contribution in [0.5, 0.6) is 11.5 Å². The van der Waals surface area contributed by atoms with E-state index in [0.717, 1.165) is 42.5 Å². The van der Waals surface area contributed by atoms with Gasteiger partial charge in [-0.05, 0) is 47.5 Å². The fourth-order valence-electron chi connectivity index (χ4n) is 4.40. The van der Waals surface area contributed by atoms with E-state index in [2.05, 4.69) is 0 Å². The van der Waals surface area contributed by atoms with Gasteiger partial charge in [0.1, 0.15) is 42.8 Å². The number of hydrogen-bond acceptors (Lipinski definition) is 10. The van der Waals surface area contributed by atoms with Crippen molar-refractivity contribution in [2.45, 2.75) is 11.8 Å². The highest BCUT2D eigenvalue weighted by Gasteiger charge is 2.28. The number of rotatable bonds is 15. The molecule has 2 unspecified atom stereocenters. The second-order valence-electron chi connectivity index (χ2n) is 9.69. The molecule has 0 saturated carbocycles. The molecule has 3 aromatic carbocycles. The fourth-order valence-corrected chi connectivity index (χ4v) is 4.40. The number of aromatic carboxylic acids is 4. The van der Waals surface area contributed by atoms with Gasteiger partial charge >= 0.3 is 35.8 Å². The average molecular weight is 659 g/mol. The smallest absolute Gasteiger partial charge is 0.336 e. The molecule has 0 aromatic heterocycles. The number of carboxylic acid groups (broad SMARTS) is 6. The first-order chi connectivity index (χ1) is 22.7. The summed E-state index contributed by atoms with van der Waals surface area (Å²) in [5, 5.41) is 75.9. The zero-order valence-corrected chi connectivity index (χ0v) is 24.2. The van der Waals surface area contributed by atoms with Gasteiger partial charge in [-0.25, -0.2) is 19.2 Å². The van der Waals surface area contributed by atoms with Crippen molar-refractivity contribution >= 4 is 41.9 Å². The van der Waals surface area contributed by atoms with Gasteiger partial charge < -0.3 is 40.1 Å². The van der Waals surface area contributed by atoms with Crippen molar-refractivity contribution in [3.8, 4) is 23.6 Å². The van der Waals surface area contributed by atoms with E-state index in [0.29, 0.717) is 0 Å². The van der Waals surface area contributed by atoms with Crippen molar-refractivity contribution in [3.05, 3.63) is 99.1 Å². The molecule has 244 valence electrons. The third kappa shape index (κ3) is 8.09. The number of ether oxygens (including phenoxy) is 2. The van der Waals surface area contributed by atoms with Crippen LogP contribution in [0.4, 0.5) is 0 Å². The number of nitriles is 2. The van der Waals surface area contributed by atoms with Crippen LogP contribution in [0, 0.1) is 22.7 Å². The molecule has 0 spiro atoms. The molecule has 0 bridgehead atoms. The zero-order chi connectivity index (χ0) is 35.7. The van der Waals surface area contributed by atoms with E-state index in [1.807, 2.05) is 0 Å². The standard InChI is InChI=1S/C32H22N2O14/c33-11-15(12-34)8-18-2-1-3-25(47-13-23(31(43)44)16-4-6-19(27(35)36)21(9-16)29(39)40)26(18)48-14-24(32(45)46)17-5-7-20(28(37)38)22(10-17)30(41)42/h1-10,23-24H,13-14H2,(H,35,36)(H,37,38)(H,39,40)(H,41,42)(H,43,44)(H,45,46). The third-order valence-corrected chi connectivity index (χ3v) is 6.76. The summed E-state index contributed by atoms with van der Waals surface area (Å²) in [6.07, 6.45) is 1.07. The Labute approximate surface area is 269 Å². The van der Waals surface area contributed by atoms with E-state index in [4.69, 9.17) is 9.47 Å². The van der Waals surface area contributed by atoms with Gasteiger partial charge in [-0.3, -0.25) is 9.59 Å². The van der Waals surface area contributed by atoms with Gasteiger partial charge in [0.2, 0.25) is 0 Å². The Morgan fingerprint density at radius 2 is 1.06 bits per heavy atom. The Morgan fingerprint density at radius 3 is 1.46 bits per heavy atom. The Bertz CT molecular complexity index is 1930. The molecule has 16 nitrogen and oxygen atoms in total. The summed E-state index contributed by atoms with van der Waals surface area (Å²) in [6.45, 7) is -1.44. The van der Waals surface area contributed by atoms with Crippen LogP contribution in [0.3, 0.4) is 0 Å². The van der Waals surface area contributed by atoms with E-state index in [9.17, 15) is 69.9 Å². The fraction of sp³-hybridized carbons (Fsp3) is 0.125. The summed E-state index contributed by atoms with van der Waals surface area (Å²) >= 11 is 0. The lowest BCUT2D eigenvalue weighted by atomic mass is 9.95. The van der Waals surface area contributed by atoms with Crippen molar-refractivity contribution in [2.24, 2.45) is 0 Å². The molecule has 2 atom stereocenters. The lowest BCUT2D eigenvalue weighted by Crippen LogP contribution is -2.22. The van der Waals surface area contributed by atoms with Crippen LogP contribution in [0.2, 0.25) is 0 Å². The topological polar surface area (TPSA) is 290 Å². The Hall–Kier alpha value is -7.20. The molecule has 0 heterocycles. The number of para-hydroxylation sites is 1. The molecular weight excluding hydrogens is 636 g/mol. The highest BCUT2D eigenvalue weighted by Crippen LogP contribution is 2.35. The first-order valence-electron chi connectivity index (χ1n) is 13.3. The quantitative estimate of drug-likeness (QED) is 0.127. The van der Waals surface area contributed by atoms with Gasteiger partial charge in [0.05, 0.1) is 22.3 Å². The van der Waals surface area contributed by atoms with Crippen molar-refractivity contribution in [1.29, 1.82) is 10.5 Å². The molecule has 6 N–H and O–H groups in total. The molecule has 3 rings (SSSR count). The maximum atomic E-state index is 12.2. The summed E-state index contributed by atoms with van der Waals surface area (Å²) in [6, 6.07) is 13.0. The summed E-state index contributed by atoms with van der Waals surface area (Å²) in [5.41, 5.74) is -3.23. The zero-order valence-electron chi connectivity index (χ0n) is 24.2. The Kier molecular flexibility index (Phi) is 11.2. The molecule has 48 heavy (non-hydrogen) atoms. The largest absolute Gasteiger partial charge is 0.488 e. The molecule has 0 amide bonds. The summed E-state index contributed by atoms with van der Waals surface area (Å²) in [4.78, 5) is 70.6. The number of hydrogen-bond donors (Lipinski definition) is 6. The molecule has 0 radical (unpaired) electrons. The van der Waals surface area contributed by atoms with Gasteiger partial charge in [-0.1, -0.05) is 24.3 Å². The van der Waals surface area contributed by atoms with Gasteiger partial charge in [0.25, 0.3) is 0 Å². The van der Waals surface area contributed by atoms with Crippen molar-refractivity contribution in [1.82, 2.24) is 0 Å². The van der Waals surface area contributed by atoms with Crippen LogP contribution in [-0.4, -0.2) is 79.7 Å². The first-order valence-corrected chi connectivity index (χ1v) is 13.3. The molecule has 0 aliphatic carbocycles. The lowest BCUT2D eigenvalue weighted by Gasteiger charge is -2.20. The van der Waals surface area contributed by atoms with Crippen LogP contribution in [-0.2, 0) is 9.59 Å². The number of allylic oxidation sites excluding steroid dienone is 1. The van der Waals surface area contributed by atoms with E-state index >= 15 is 0 Å². The average Bonchev–Trinajstić information content (AvgIpc) is 3.03. The van der Waals surface area contributed by atoms with E-state index in [-0.39, 0.29) is 28.2 Å². The van der Waals surface area contributed by atoms with Crippen molar-refractivity contribution in [3.63, 3.8) is 0 Å². The highest BCUT2D eigenvalue weighted by atomic mass is 16.5. The molecule has 0 aliphatic rings. The van der Waals surface area contributed by atoms with Gasteiger partial charge in [-0.2, -0.15) is 10.5 Å². The van der Waals surface area contributed by atoms with Crippen molar-refractivity contribution < 1.29 is 68.9 Å². The van der Waals surface area contributed by atoms with Crippen LogP contribution in [0.25, 0.3) is 6.08 Å². The number of aliphatic carboxylic acids is 2.